The van der Waals surface area contributed by atoms with Gasteiger partial charge in [0.15, 0.2) is 5.43 Å². The van der Waals surface area contributed by atoms with Gasteiger partial charge < -0.3 is 0 Å². The van der Waals surface area contributed by atoms with Crippen LogP contribution in [0, 0.1) is 0 Å². The van der Waals surface area contributed by atoms with Crippen molar-refractivity contribution in [1.82, 2.24) is 0 Å². The molecule has 2 nitrogen and oxygen atoms in total. The van der Waals surface area contributed by atoms with E-state index >= 15 is 0 Å². The highest BCUT2D eigenvalue weighted by Crippen LogP contribution is 2.37. The molecule has 0 unspecified atom stereocenters. The minimum Gasteiger partial charge on any atom is -0.288 e. The Labute approximate surface area is 112 Å². The van der Waals surface area contributed by atoms with Gasteiger partial charge in [-0.05, 0) is 12.1 Å². The second kappa shape index (κ2) is 4.62. The smallest absolute Gasteiger partial charge is 0.288 e. The van der Waals surface area contributed by atoms with Crippen LogP contribution in [0.25, 0.3) is 10.1 Å². The molecule has 20 heavy (non-hydrogen) atoms. The summed E-state index contributed by atoms with van der Waals surface area (Å²) in [6.07, 6.45) is -6.03. The number of benzene rings is 1. The number of fused-ring (bicyclic) bond motifs is 1. The van der Waals surface area contributed by atoms with Crippen molar-refractivity contribution >= 4 is 27.2 Å². The maximum atomic E-state index is 13.0. The molecule has 0 fully saturated rings. The van der Waals surface area contributed by atoms with Crippen molar-refractivity contribution in [1.29, 1.82) is 0 Å². The lowest BCUT2D eigenvalue weighted by Crippen LogP contribution is -2.45. The first kappa shape index (κ1) is 14.6. The number of carbonyl (C=O) groups excluding carboxylic acids is 1. The van der Waals surface area contributed by atoms with Crippen LogP contribution < -0.4 is 5.43 Å². The Balaban J connectivity index is 2.63. The third-order valence-corrected chi connectivity index (χ3v) is 3.53. The fourth-order valence-electron chi connectivity index (χ4n) is 1.53. The molecule has 0 N–H and O–H groups in total. The molecule has 0 aliphatic rings. The lowest BCUT2D eigenvalue weighted by Gasteiger charge is -2.17. The molecule has 0 spiro atoms. The molecule has 0 saturated carbocycles. The molecule has 106 valence electrons. The molecule has 0 amide bonds. The van der Waals surface area contributed by atoms with Crippen molar-refractivity contribution in [3.05, 3.63) is 45.4 Å². The molecule has 0 radical (unpaired) electrons. The fourth-order valence-corrected chi connectivity index (χ4v) is 2.44. The van der Waals surface area contributed by atoms with Crippen LogP contribution in [0.2, 0.25) is 0 Å². The van der Waals surface area contributed by atoms with Crippen molar-refractivity contribution in [2.24, 2.45) is 0 Å². The Morgan fingerprint density at radius 1 is 1.05 bits per heavy atom. The van der Waals surface area contributed by atoms with E-state index in [1.54, 1.807) is 6.07 Å². The molecule has 1 aromatic heterocycles. The standard InChI is InChI=1S/C12H5F5O2S/c13-11(14,12(15,16)17)10(19)7-5-20-8-4-2-1-3-6(8)9(7)18/h1-5H. The summed E-state index contributed by atoms with van der Waals surface area (Å²) in [5.41, 5.74) is -2.29. The predicted octanol–water partition coefficient (Wildman–Crippen LogP) is 3.64. The van der Waals surface area contributed by atoms with E-state index in [4.69, 9.17) is 0 Å². The monoisotopic (exact) mass is 308 g/mol. The first-order valence-electron chi connectivity index (χ1n) is 5.16. The molecule has 0 aliphatic carbocycles. The molecule has 8 heteroatoms. The zero-order valence-electron chi connectivity index (χ0n) is 9.50. The molecule has 0 bridgehead atoms. The minimum atomic E-state index is -6.03. The van der Waals surface area contributed by atoms with Gasteiger partial charge in [-0.1, -0.05) is 12.1 Å². The van der Waals surface area contributed by atoms with E-state index in [1.807, 2.05) is 0 Å². The van der Waals surface area contributed by atoms with Gasteiger partial charge >= 0.3 is 12.1 Å². The normalized spacial score (nSPS) is 12.7. The fraction of sp³-hybridized carbons (Fsp3) is 0.167. The third kappa shape index (κ3) is 2.20. The summed E-state index contributed by atoms with van der Waals surface area (Å²) >= 11 is 0.751. The second-order valence-electron chi connectivity index (χ2n) is 3.88. The first-order chi connectivity index (χ1) is 9.16. The van der Waals surface area contributed by atoms with Crippen LogP contribution in [0.3, 0.4) is 0 Å². The quantitative estimate of drug-likeness (QED) is 0.627. The van der Waals surface area contributed by atoms with E-state index in [0.717, 1.165) is 16.7 Å². The summed E-state index contributed by atoms with van der Waals surface area (Å²) in [7, 11) is 0. The van der Waals surface area contributed by atoms with Gasteiger partial charge in [-0.15, -0.1) is 11.3 Å². The topological polar surface area (TPSA) is 34.1 Å². The SMILES string of the molecule is O=C(c1csc2ccccc2c1=O)C(F)(F)C(F)(F)F. The van der Waals surface area contributed by atoms with Crippen molar-refractivity contribution in [2.45, 2.75) is 12.1 Å². The highest BCUT2D eigenvalue weighted by Gasteiger charge is 2.63. The number of hydrogen-bond donors (Lipinski definition) is 0. The van der Waals surface area contributed by atoms with E-state index in [-0.39, 0.29) is 5.39 Å². The number of Topliss-reactive ketones (excluding diaryl/α,β-unsaturated/α-hetero) is 1. The maximum absolute atomic E-state index is 13.0. The summed E-state index contributed by atoms with van der Waals surface area (Å²) in [6, 6.07) is 5.75. The van der Waals surface area contributed by atoms with Gasteiger partial charge in [0.2, 0.25) is 5.78 Å². The lowest BCUT2D eigenvalue weighted by molar-refractivity contribution is -0.255. The lowest BCUT2D eigenvalue weighted by atomic mass is 10.1. The Morgan fingerprint density at radius 2 is 1.65 bits per heavy atom. The Morgan fingerprint density at radius 3 is 2.25 bits per heavy atom. The van der Waals surface area contributed by atoms with E-state index < -0.39 is 28.9 Å². The molecule has 2 rings (SSSR count). The summed E-state index contributed by atoms with van der Waals surface area (Å²) in [6.45, 7) is 0. The van der Waals surface area contributed by atoms with Gasteiger partial charge in [-0.3, -0.25) is 9.59 Å². The van der Waals surface area contributed by atoms with Crippen molar-refractivity contribution < 1.29 is 26.7 Å². The minimum absolute atomic E-state index is 0.0682. The predicted molar refractivity (Wildman–Crippen MR) is 63.4 cm³/mol. The van der Waals surface area contributed by atoms with E-state index in [9.17, 15) is 31.5 Å². The number of ketones is 1. The molecule has 0 aliphatic heterocycles. The van der Waals surface area contributed by atoms with Crippen molar-refractivity contribution in [3.8, 4) is 0 Å². The Hall–Kier alpha value is -1.83. The van der Waals surface area contributed by atoms with E-state index in [1.165, 1.54) is 18.2 Å². The Kier molecular flexibility index (Phi) is 3.37. The van der Waals surface area contributed by atoms with Crippen LogP contribution in [-0.2, 0) is 0 Å². The third-order valence-electron chi connectivity index (χ3n) is 2.57. The Bertz CT molecular complexity index is 732. The number of carbonyl (C=O) groups is 1. The second-order valence-corrected chi connectivity index (χ2v) is 4.79. The number of halogens is 5. The van der Waals surface area contributed by atoms with Gasteiger partial charge in [0.1, 0.15) is 0 Å². The van der Waals surface area contributed by atoms with Crippen LogP contribution in [0.1, 0.15) is 10.4 Å². The van der Waals surface area contributed by atoms with Gasteiger partial charge in [0.05, 0.1) is 5.56 Å². The van der Waals surface area contributed by atoms with Crippen molar-refractivity contribution in [2.75, 3.05) is 0 Å². The summed E-state index contributed by atoms with van der Waals surface area (Å²) in [5.74, 6) is -8.11. The van der Waals surface area contributed by atoms with Crippen LogP contribution in [-0.4, -0.2) is 17.9 Å². The maximum Gasteiger partial charge on any atom is 0.461 e. The zero-order valence-corrected chi connectivity index (χ0v) is 10.3. The van der Waals surface area contributed by atoms with Gasteiger partial charge in [-0.2, -0.15) is 22.0 Å². The van der Waals surface area contributed by atoms with E-state index in [0.29, 0.717) is 4.70 Å². The highest BCUT2D eigenvalue weighted by atomic mass is 32.1. The van der Waals surface area contributed by atoms with Crippen LogP contribution in [0.5, 0.6) is 0 Å². The number of alkyl halides is 5. The average molecular weight is 308 g/mol. The zero-order chi connectivity index (χ0) is 15.1. The van der Waals surface area contributed by atoms with Crippen LogP contribution in [0.4, 0.5) is 22.0 Å². The molecule has 1 heterocycles. The largest absolute Gasteiger partial charge is 0.461 e. The number of rotatable bonds is 2. The molecule has 1 aromatic carbocycles. The first-order valence-corrected chi connectivity index (χ1v) is 6.04. The molecule has 0 atom stereocenters. The highest BCUT2D eigenvalue weighted by molar-refractivity contribution is 7.16. The average Bonchev–Trinajstić information content (AvgIpc) is 2.37. The summed E-state index contributed by atoms with van der Waals surface area (Å²) < 4.78 is 62.8. The molecule has 0 saturated heterocycles. The van der Waals surface area contributed by atoms with Gasteiger partial charge in [0, 0.05) is 15.5 Å². The summed E-state index contributed by atoms with van der Waals surface area (Å²) in [4.78, 5) is 23.1. The van der Waals surface area contributed by atoms with Crippen LogP contribution in [0.15, 0.2) is 34.4 Å². The number of hydrogen-bond acceptors (Lipinski definition) is 3. The van der Waals surface area contributed by atoms with Crippen LogP contribution >= 0.6 is 11.3 Å². The van der Waals surface area contributed by atoms with Crippen molar-refractivity contribution in [3.63, 3.8) is 0 Å². The molecule has 2 aromatic rings. The van der Waals surface area contributed by atoms with Gasteiger partial charge in [-0.25, -0.2) is 0 Å². The van der Waals surface area contributed by atoms with E-state index in [2.05, 4.69) is 0 Å². The molecular weight excluding hydrogens is 303 g/mol. The van der Waals surface area contributed by atoms with Gasteiger partial charge in [0.25, 0.3) is 0 Å². The molecular formula is C12H5F5O2S. The summed E-state index contributed by atoms with van der Waals surface area (Å²) in [5, 5.41) is 0.661.